The van der Waals surface area contributed by atoms with Crippen LogP contribution in [0.2, 0.25) is 0 Å². The van der Waals surface area contributed by atoms with E-state index >= 15 is 0 Å². The molecule has 2 unspecified atom stereocenters. The van der Waals surface area contributed by atoms with Crippen LogP contribution in [0.25, 0.3) is 0 Å². The van der Waals surface area contributed by atoms with Crippen molar-refractivity contribution in [3.63, 3.8) is 0 Å². The highest BCUT2D eigenvalue weighted by molar-refractivity contribution is 9.09. The van der Waals surface area contributed by atoms with E-state index in [-0.39, 0.29) is 0 Å². The molecule has 2 heteroatoms. The number of likely N-dealkylation sites (tertiary alicyclic amines) is 1. The molecule has 1 fully saturated rings. The van der Waals surface area contributed by atoms with Gasteiger partial charge in [-0.15, -0.1) is 0 Å². The number of rotatable bonds is 5. The van der Waals surface area contributed by atoms with E-state index in [2.05, 4.69) is 34.7 Å². The van der Waals surface area contributed by atoms with Crippen LogP contribution < -0.4 is 0 Å². The number of nitrogens with zero attached hydrogens (tertiary/aromatic N) is 1. The first-order valence-corrected chi connectivity index (χ1v) is 6.66. The first-order valence-electron chi connectivity index (χ1n) is 5.54. The molecule has 78 valence electrons. The predicted molar refractivity (Wildman–Crippen MR) is 62.5 cm³/mol. The molecule has 1 aliphatic rings. The van der Waals surface area contributed by atoms with Crippen molar-refractivity contribution in [1.29, 1.82) is 0 Å². The second-order valence-electron chi connectivity index (χ2n) is 4.40. The molecule has 0 aromatic heterocycles. The van der Waals surface area contributed by atoms with Crippen molar-refractivity contribution in [2.45, 2.75) is 45.6 Å². The number of hydrogen-bond donors (Lipinski definition) is 0. The van der Waals surface area contributed by atoms with Gasteiger partial charge in [-0.3, -0.25) is 0 Å². The predicted octanol–water partition coefficient (Wildman–Crippen LogP) is 3.28. The van der Waals surface area contributed by atoms with Crippen molar-refractivity contribution in [2.75, 3.05) is 18.4 Å². The van der Waals surface area contributed by atoms with E-state index in [0.717, 1.165) is 17.3 Å². The highest BCUT2D eigenvalue weighted by Crippen LogP contribution is 2.18. The van der Waals surface area contributed by atoms with Gasteiger partial charge in [0, 0.05) is 11.4 Å². The molecule has 0 radical (unpaired) electrons. The smallest absolute Gasteiger partial charge is 0.00674 e. The van der Waals surface area contributed by atoms with Crippen LogP contribution in [-0.2, 0) is 0 Å². The number of hydrogen-bond acceptors (Lipinski definition) is 1. The zero-order valence-electron chi connectivity index (χ0n) is 8.93. The maximum Gasteiger partial charge on any atom is 0.00674 e. The van der Waals surface area contributed by atoms with Gasteiger partial charge >= 0.3 is 0 Å². The molecule has 0 spiro atoms. The van der Waals surface area contributed by atoms with Gasteiger partial charge in [0.2, 0.25) is 0 Å². The Balaban J connectivity index is 2.10. The number of halogens is 1. The topological polar surface area (TPSA) is 3.24 Å². The second-order valence-corrected chi connectivity index (χ2v) is 5.19. The lowest BCUT2D eigenvalue weighted by molar-refractivity contribution is 0.248. The van der Waals surface area contributed by atoms with Crippen molar-refractivity contribution < 1.29 is 0 Å². The lowest BCUT2D eigenvalue weighted by Crippen LogP contribution is -2.28. The van der Waals surface area contributed by atoms with E-state index in [9.17, 15) is 0 Å². The molecule has 0 amide bonds. The van der Waals surface area contributed by atoms with Crippen molar-refractivity contribution in [3.8, 4) is 0 Å². The Labute approximate surface area is 91.0 Å². The molecule has 2 atom stereocenters. The first-order chi connectivity index (χ1) is 6.24. The standard InChI is InChI=1S/C11H22BrN/c1-10(5-7-12)6-9-13-8-3-4-11(13)2/h10-11H,3-9H2,1-2H3. The minimum absolute atomic E-state index is 0.844. The Bertz CT molecular complexity index is 138. The van der Waals surface area contributed by atoms with E-state index in [4.69, 9.17) is 0 Å². The van der Waals surface area contributed by atoms with E-state index in [1.807, 2.05) is 0 Å². The summed E-state index contributed by atoms with van der Waals surface area (Å²) >= 11 is 3.50. The molecule has 1 nitrogen and oxygen atoms in total. The minimum atomic E-state index is 0.844. The third-order valence-corrected chi connectivity index (χ3v) is 3.66. The minimum Gasteiger partial charge on any atom is -0.301 e. The highest BCUT2D eigenvalue weighted by atomic mass is 79.9. The van der Waals surface area contributed by atoms with Crippen molar-refractivity contribution in [3.05, 3.63) is 0 Å². The van der Waals surface area contributed by atoms with Gasteiger partial charge in [0.05, 0.1) is 0 Å². The first kappa shape index (κ1) is 11.5. The van der Waals surface area contributed by atoms with Gasteiger partial charge in [-0.25, -0.2) is 0 Å². The fourth-order valence-corrected chi connectivity index (χ4v) is 2.82. The van der Waals surface area contributed by atoms with Crippen molar-refractivity contribution in [2.24, 2.45) is 5.92 Å². The fraction of sp³-hybridized carbons (Fsp3) is 1.00. The molecule has 0 saturated carbocycles. The lowest BCUT2D eigenvalue weighted by atomic mass is 10.1. The van der Waals surface area contributed by atoms with Crippen LogP contribution in [0, 0.1) is 5.92 Å². The van der Waals surface area contributed by atoms with Gasteiger partial charge in [0.25, 0.3) is 0 Å². The van der Waals surface area contributed by atoms with Crippen LogP contribution in [0.4, 0.5) is 0 Å². The van der Waals surface area contributed by atoms with E-state index in [1.54, 1.807) is 0 Å². The largest absolute Gasteiger partial charge is 0.301 e. The second kappa shape index (κ2) is 6.02. The fourth-order valence-electron chi connectivity index (χ4n) is 2.04. The summed E-state index contributed by atoms with van der Waals surface area (Å²) in [6.07, 6.45) is 5.51. The molecule has 0 aliphatic carbocycles. The maximum absolute atomic E-state index is 3.50. The molecule has 0 N–H and O–H groups in total. The lowest BCUT2D eigenvalue weighted by Gasteiger charge is -2.22. The summed E-state index contributed by atoms with van der Waals surface area (Å²) in [5.74, 6) is 0.882. The molecule has 1 rings (SSSR count). The molecular formula is C11H22BrN. The van der Waals surface area contributed by atoms with Crippen LogP contribution >= 0.6 is 15.9 Å². The molecular weight excluding hydrogens is 226 g/mol. The average molecular weight is 248 g/mol. The molecule has 1 saturated heterocycles. The van der Waals surface area contributed by atoms with Crippen LogP contribution in [0.1, 0.15) is 39.5 Å². The van der Waals surface area contributed by atoms with Crippen molar-refractivity contribution >= 4 is 15.9 Å². The average Bonchev–Trinajstić information content (AvgIpc) is 2.48. The third-order valence-electron chi connectivity index (χ3n) is 3.20. The Kier molecular flexibility index (Phi) is 5.34. The Morgan fingerprint density at radius 2 is 2.23 bits per heavy atom. The Morgan fingerprint density at radius 1 is 1.46 bits per heavy atom. The molecule has 1 aliphatic heterocycles. The SMILES string of the molecule is CC(CCBr)CCN1CCCC1C. The summed E-state index contributed by atoms with van der Waals surface area (Å²) in [6.45, 7) is 7.38. The zero-order valence-corrected chi connectivity index (χ0v) is 10.5. The van der Waals surface area contributed by atoms with Crippen LogP contribution in [0.3, 0.4) is 0 Å². The van der Waals surface area contributed by atoms with Crippen LogP contribution in [-0.4, -0.2) is 29.4 Å². The summed E-state index contributed by atoms with van der Waals surface area (Å²) in [7, 11) is 0. The summed E-state index contributed by atoms with van der Waals surface area (Å²) in [5.41, 5.74) is 0. The van der Waals surface area contributed by atoms with Gasteiger partial charge in [-0.05, 0) is 51.6 Å². The van der Waals surface area contributed by atoms with E-state index in [0.29, 0.717) is 0 Å². The normalized spacial score (nSPS) is 26.5. The molecule has 0 aromatic rings. The Morgan fingerprint density at radius 3 is 2.77 bits per heavy atom. The van der Waals surface area contributed by atoms with Crippen molar-refractivity contribution in [1.82, 2.24) is 4.90 Å². The Hall–Kier alpha value is 0.440. The summed E-state index contributed by atoms with van der Waals surface area (Å²) in [4.78, 5) is 2.64. The quantitative estimate of drug-likeness (QED) is 0.675. The molecule has 13 heavy (non-hydrogen) atoms. The maximum atomic E-state index is 3.50. The molecule has 0 aromatic carbocycles. The van der Waals surface area contributed by atoms with E-state index in [1.165, 1.54) is 38.8 Å². The highest BCUT2D eigenvalue weighted by Gasteiger charge is 2.19. The van der Waals surface area contributed by atoms with Gasteiger partial charge in [0.15, 0.2) is 0 Å². The van der Waals surface area contributed by atoms with E-state index < -0.39 is 0 Å². The van der Waals surface area contributed by atoms with Gasteiger partial charge in [-0.2, -0.15) is 0 Å². The molecule has 1 heterocycles. The van der Waals surface area contributed by atoms with Gasteiger partial charge < -0.3 is 4.90 Å². The summed E-state index contributed by atoms with van der Waals surface area (Å²) < 4.78 is 0. The third kappa shape index (κ3) is 3.99. The summed E-state index contributed by atoms with van der Waals surface area (Å²) in [5, 5.41) is 1.16. The zero-order chi connectivity index (χ0) is 9.68. The number of alkyl halides is 1. The molecule has 0 bridgehead atoms. The van der Waals surface area contributed by atoms with Crippen LogP contribution in [0.15, 0.2) is 0 Å². The van der Waals surface area contributed by atoms with Gasteiger partial charge in [-0.1, -0.05) is 22.9 Å². The van der Waals surface area contributed by atoms with Crippen LogP contribution in [0.5, 0.6) is 0 Å². The monoisotopic (exact) mass is 247 g/mol. The summed E-state index contributed by atoms with van der Waals surface area (Å²) in [6, 6.07) is 0.844. The van der Waals surface area contributed by atoms with Gasteiger partial charge in [0.1, 0.15) is 0 Å².